The number of amides is 1. The van der Waals surface area contributed by atoms with Gasteiger partial charge in [-0.1, -0.05) is 13.8 Å². The molecule has 2 aliphatic rings. The second kappa shape index (κ2) is 5.12. The molecule has 1 amide bonds. The van der Waals surface area contributed by atoms with Gasteiger partial charge in [-0.3, -0.25) is 9.59 Å². The summed E-state index contributed by atoms with van der Waals surface area (Å²) in [5, 5.41) is 18.1. The topological polar surface area (TPSA) is 77.8 Å². The molecular weight excluding hydrogens is 246 g/mol. The molecule has 0 spiro atoms. The number of hydrogen-bond donors (Lipinski definition) is 2. The van der Waals surface area contributed by atoms with Crippen LogP contribution in [0.4, 0.5) is 0 Å². The summed E-state index contributed by atoms with van der Waals surface area (Å²) in [4.78, 5) is 25.5. The van der Waals surface area contributed by atoms with E-state index >= 15 is 0 Å². The van der Waals surface area contributed by atoms with Gasteiger partial charge in [0.1, 0.15) is 0 Å². The summed E-state index contributed by atoms with van der Waals surface area (Å²) in [6.45, 7) is 4.30. The van der Waals surface area contributed by atoms with E-state index < -0.39 is 23.2 Å². The summed E-state index contributed by atoms with van der Waals surface area (Å²) in [6, 6.07) is 0.255. The molecule has 2 rings (SSSR count). The maximum Gasteiger partial charge on any atom is 0.307 e. The lowest BCUT2D eigenvalue weighted by Gasteiger charge is -2.38. The lowest BCUT2D eigenvalue weighted by molar-refractivity contribution is -0.143. The fourth-order valence-electron chi connectivity index (χ4n) is 3.15. The molecule has 5 heteroatoms. The molecule has 0 saturated heterocycles. The Kier molecular flexibility index (Phi) is 3.85. The Morgan fingerprint density at radius 3 is 2.26 bits per heavy atom. The molecule has 0 aromatic carbocycles. The molecule has 0 aromatic heterocycles. The third kappa shape index (κ3) is 2.48. The van der Waals surface area contributed by atoms with E-state index in [0.717, 1.165) is 19.3 Å². The zero-order chi connectivity index (χ0) is 14.2. The summed E-state index contributed by atoms with van der Waals surface area (Å²) >= 11 is 0. The minimum absolute atomic E-state index is 0.0319. The zero-order valence-electron chi connectivity index (χ0n) is 11.6. The number of rotatable bonds is 6. The molecule has 0 aromatic rings. The molecule has 0 heterocycles. The van der Waals surface area contributed by atoms with Gasteiger partial charge in [-0.05, 0) is 31.1 Å². The summed E-state index contributed by atoms with van der Waals surface area (Å²) in [5.41, 5.74) is -0.440. The lowest BCUT2D eigenvalue weighted by Crippen LogP contribution is -2.46. The van der Waals surface area contributed by atoms with Crippen LogP contribution in [0.1, 0.15) is 39.5 Å². The van der Waals surface area contributed by atoms with Gasteiger partial charge >= 0.3 is 5.97 Å². The lowest BCUT2D eigenvalue weighted by atomic mass is 9.90. The number of carboxylic acids is 1. The minimum atomic E-state index is -0.876. The van der Waals surface area contributed by atoms with E-state index in [1.54, 1.807) is 0 Å². The predicted octanol–water partition coefficient (Wildman–Crippen LogP) is 1.11. The van der Waals surface area contributed by atoms with Crippen molar-refractivity contribution in [3.63, 3.8) is 0 Å². The number of hydrogen-bond acceptors (Lipinski definition) is 3. The van der Waals surface area contributed by atoms with Crippen molar-refractivity contribution in [1.82, 2.24) is 4.90 Å². The molecule has 2 saturated carbocycles. The van der Waals surface area contributed by atoms with Crippen LogP contribution in [-0.4, -0.2) is 46.2 Å². The van der Waals surface area contributed by atoms with Crippen molar-refractivity contribution in [2.24, 2.45) is 17.3 Å². The summed E-state index contributed by atoms with van der Waals surface area (Å²) in [7, 11) is 0. The van der Waals surface area contributed by atoms with Crippen LogP contribution in [0.3, 0.4) is 0 Å². The molecule has 2 atom stereocenters. The highest BCUT2D eigenvalue weighted by molar-refractivity contribution is 5.91. The van der Waals surface area contributed by atoms with Crippen LogP contribution < -0.4 is 0 Å². The number of carboxylic acid groups (broad SMARTS) is 1. The number of nitrogens with zero attached hydrogens (tertiary/aromatic N) is 1. The second-order valence-electron chi connectivity index (χ2n) is 6.31. The van der Waals surface area contributed by atoms with E-state index in [-0.39, 0.29) is 18.6 Å². The number of aliphatic hydroxyl groups excluding tert-OH is 1. The van der Waals surface area contributed by atoms with E-state index in [1.807, 2.05) is 18.7 Å². The van der Waals surface area contributed by atoms with Gasteiger partial charge in [0.15, 0.2) is 0 Å². The van der Waals surface area contributed by atoms with Crippen molar-refractivity contribution in [2.75, 3.05) is 13.2 Å². The van der Waals surface area contributed by atoms with Gasteiger partial charge < -0.3 is 15.1 Å². The van der Waals surface area contributed by atoms with Crippen molar-refractivity contribution in [2.45, 2.75) is 45.6 Å². The van der Waals surface area contributed by atoms with Gasteiger partial charge in [-0.25, -0.2) is 0 Å². The van der Waals surface area contributed by atoms with Crippen LogP contribution >= 0.6 is 0 Å². The molecule has 0 radical (unpaired) electrons. The highest BCUT2D eigenvalue weighted by atomic mass is 16.4. The molecule has 19 heavy (non-hydrogen) atoms. The zero-order valence-corrected chi connectivity index (χ0v) is 11.6. The Morgan fingerprint density at radius 2 is 1.89 bits per heavy atom. The molecule has 0 bridgehead atoms. The van der Waals surface area contributed by atoms with Gasteiger partial charge in [0.05, 0.1) is 11.8 Å². The van der Waals surface area contributed by atoms with E-state index in [4.69, 9.17) is 10.2 Å². The van der Waals surface area contributed by atoms with Crippen molar-refractivity contribution in [3.05, 3.63) is 0 Å². The molecule has 0 aliphatic heterocycles. The maximum atomic E-state index is 12.6. The normalized spacial score (nSPS) is 28.6. The quantitative estimate of drug-likeness (QED) is 0.757. The van der Waals surface area contributed by atoms with Crippen LogP contribution in [0.25, 0.3) is 0 Å². The largest absolute Gasteiger partial charge is 0.481 e. The molecule has 2 aliphatic carbocycles. The van der Waals surface area contributed by atoms with Gasteiger partial charge in [-0.15, -0.1) is 0 Å². The van der Waals surface area contributed by atoms with Gasteiger partial charge in [-0.2, -0.15) is 0 Å². The number of carbonyl (C=O) groups excluding carboxylic acids is 1. The van der Waals surface area contributed by atoms with Crippen molar-refractivity contribution < 1.29 is 19.8 Å². The van der Waals surface area contributed by atoms with Crippen LogP contribution in [0.5, 0.6) is 0 Å². The van der Waals surface area contributed by atoms with Gasteiger partial charge in [0, 0.05) is 19.2 Å². The first kappa shape index (κ1) is 14.3. The van der Waals surface area contributed by atoms with E-state index in [9.17, 15) is 9.59 Å². The molecule has 2 fully saturated rings. The Morgan fingerprint density at radius 1 is 1.26 bits per heavy atom. The fourth-order valence-corrected chi connectivity index (χ4v) is 3.15. The van der Waals surface area contributed by atoms with Crippen molar-refractivity contribution in [3.8, 4) is 0 Å². The molecule has 0 unspecified atom stereocenters. The summed E-state index contributed by atoms with van der Waals surface area (Å²) < 4.78 is 0. The monoisotopic (exact) mass is 269 g/mol. The average molecular weight is 269 g/mol. The number of aliphatic carboxylic acids is 1. The molecule has 2 N–H and O–H groups in total. The third-order valence-corrected chi connectivity index (χ3v) is 4.72. The first-order valence-corrected chi connectivity index (χ1v) is 7.05. The summed E-state index contributed by atoms with van der Waals surface area (Å²) in [5.74, 6) is -1.87. The molecule has 5 nitrogen and oxygen atoms in total. The standard InChI is InChI=1S/C14H23NO4/c1-14(2)10(11(14)13(18)19)12(17)15(7-4-8-16)9-5-3-6-9/h9-11,16H,3-8H2,1-2H3,(H,18,19)/t10-,11+/m1/s1. The Hall–Kier alpha value is -1.10. The van der Waals surface area contributed by atoms with E-state index in [2.05, 4.69) is 0 Å². The minimum Gasteiger partial charge on any atom is -0.481 e. The maximum absolute atomic E-state index is 12.6. The molecule has 108 valence electrons. The average Bonchev–Trinajstić information content (AvgIpc) is 2.84. The summed E-state index contributed by atoms with van der Waals surface area (Å²) in [6.07, 6.45) is 3.70. The number of carbonyl (C=O) groups is 2. The first-order valence-electron chi connectivity index (χ1n) is 7.05. The first-order chi connectivity index (χ1) is 8.91. The number of aliphatic hydroxyl groups is 1. The Balaban J connectivity index is 2.05. The van der Waals surface area contributed by atoms with Gasteiger partial charge in [0.25, 0.3) is 0 Å². The Labute approximate surface area is 113 Å². The van der Waals surface area contributed by atoms with Crippen LogP contribution in [0.2, 0.25) is 0 Å². The van der Waals surface area contributed by atoms with E-state index in [1.165, 1.54) is 0 Å². The van der Waals surface area contributed by atoms with Crippen LogP contribution in [0, 0.1) is 17.3 Å². The van der Waals surface area contributed by atoms with E-state index in [0.29, 0.717) is 13.0 Å². The SMILES string of the molecule is CC1(C)[C@H](C(=O)O)[C@@H]1C(=O)N(CCCO)C1CCC1. The van der Waals surface area contributed by atoms with Crippen LogP contribution in [0.15, 0.2) is 0 Å². The van der Waals surface area contributed by atoms with Gasteiger partial charge in [0.2, 0.25) is 5.91 Å². The fraction of sp³-hybridized carbons (Fsp3) is 0.857. The van der Waals surface area contributed by atoms with Crippen molar-refractivity contribution >= 4 is 11.9 Å². The highest BCUT2D eigenvalue weighted by Gasteiger charge is 2.66. The van der Waals surface area contributed by atoms with Crippen molar-refractivity contribution in [1.29, 1.82) is 0 Å². The smallest absolute Gasteiger partial charge is 0.307 e. The second-order valence-corrected chi connectivity index (χ2v) is 6.31. The van der Waals surface area contributed by atoms with Crippen LogP contribution in [-0.2, 0) is 9.59 Å². The third-order valence-electron chi connectivity index (χ3n) is 4.72. The molecular formula is C14H23NO4. The predicted molar refractivity (Wildman–Crippen MR) is 69.5 cm³/mol. The Bertz CT molecular complexity index is 376. The highest BCUT2D eigenvalue weighted by Crippen LogP contribution is 2.59.